The topological polar surface area (TPSA) is 26.3 Å². The van der Waals surface area contributed by atoms with Gasteiger partial charge in [-0.3, -0.25) is 4.79 Å². The Kier molecular flexibility index (Phi) is 8.76. The van der Waals surface area contributed by atoms with Crippen LogP contribution in [0.3, 0.4) is 0 Å². The first-order valence-electron chi connectivity index (χ1n) is 9.54. The van der Waals surface area contributed by atoms with Gasteiger partial charge in [-0.25, -0.2) is 0 Å². The van der Waals surface area contributed by atoms with Crippen molar-refractivity contribution in [2.45, 2.75) is 88.7 Å². The van der Waals surface area contributed by atoms with Crippen LogP contribution in [0, 0.1) is 0 Å². The highest BCUT2D eigenvalue weighted by Gasteiger charge is 2.44. The quantitative estimate of drug-likeness (QED) is 0.340. The van der Waals surface area contributed by atoms with Crippen molar-refractivity contribution in [2.24, 2.45) is 0 Å². The predicted octanol–water partition coefficient (Wildman–Crippen LogP) is 7.01. The van der Waals surface area contributed by atoms with Gasteiger partial charge in [0, 0.05) is 4.90 Å². The van der Waals surface area contributed by atoms with Gasteiger partial charge >= 0.3 is 5.97 Å². The molecule has 25 heavy (non-hydrogen) atoms. The molecule has 1 aromatic rings. The highest BCUT2D eigenvalue weighted by molar-refractivity contribution is 8.29. The first-order valence-corrected chi connectivity index (χ1v) is 13.3. The van der Waals surface area contributed by atoms with Gasteiger partial charge in [0.15, 0.2) is 0 Å². The summed E-state index contributed by atoms with van der Waals surface area (Å²) in [5.74, 6) is 0.112. The van der Waals surface area contributed by atoms with E-state index in [4.69, 9.17) is 4.74 Å². The number of carbonyl (C=O) groups is 1. The van der Waals surface area contributed by atoms with Crippen LogP contribution in [0.1, 0.15) is 72.8 Å². The molecule has 0 bridgehead atoms. The Labute approximate surface area is 159 Å². The van der Waals surface area contributed by atoms with Crippen LogP contribution in [0.25, 0.3) is 0 Å². The fourth-order valence-corrected chi connectivity index (χ4v) is 13.4. The predicted molar refractivity (Wildman–Crippen MR) is 113 cm³/mol. The van der Waals surface area contributed by atoms with E-state index in [1.807, 2.05) is 0 Å². The van der Waals surface area contributed by atoms with Crippen molar-refractivity contribution in [3.63, 3.8) is 0 Å². The molecule has 0 unspecified atom stereocenters. The Bertz CT molecular complexity index is 533. The third kappa shape index (κ3) is 5.37. The number of rotatable bonds is 9. The molecule has 0 saturated carbocycles. The minimum absolute atomic E-state index is 0.125. The SMILES string of the molecule is CC[C@@H](CC(=O)OC)c1cccc(S[Si](C(C)C)(C(C)C)C(C)C)c1. The maximum absolute atomic E-state index is 11.7. The molecule has 0 aliphatic carbocycles. The van der Waals surface area contributed by atoms with E-state index in [2.05, 4.69) is 83.9 Å². The fourth-order valence-electron chi connectivity index (χ4n) is 4.17. The van der Waals surface area contributed by atoms with Gasteiger partial charge in [-0.15, -0.1) is 0 Å². The van der Waals surface area contributed by atoms with Crippen LogP contribution in [0.4, 0.5) is 0 Å². The zero-order valence-corrected chi connectivity index (χ0v) is 19.1. The summed E-state index contributed by atoms with van der Waals surface area (Å²) in [6.45, 7) is 16.5. The molecule has 0 spiro atoms. The molecule has 142 valence electrons. The lowest BCUT2D eigenvalue weighted by atomic mass is 9.93. The molecule has 0 N–H and O–H groups in total. The van der Waals surface area contributed by atoms with E-state index < -0.39 is 7.22 Å². The van der Waals surface area contributed by atoms with Gasteiger partial charge in [-0.1, -0.05) is 60.6 Å². The van der Waals surface area contributed by atoms with E-state index >= 15 is 0 Å². The Morgan fingerprint density at radius 2 is 1.64 bits per heavy atom. The summed E-state index contributed by atoms with van der Waals surface area (Å²) in [6, 6.07) is 8.87. The average molecular weight is 381 g/mol. The van der Waals surface area contributed by atoms with Crippen LogP contribution in [0.2, 0.25) is 16.6 Å². The van der Waals surface area contributed by atoms with E-state index in [0.29, 0.717) is 6.42 Å². The average Bonchev–Trinajstić information content (AvgIpc) is 2.56. The van der Waals surface area contributed by atoms with Crippen LogP contribution in [0.5, 0.6) is 0 Å². The minimum Gasteiger partial charge on any atom is -0.469 e. The lowest BCUT2D eigenvalue weighted by Crippen LogP contribution is -2.40. The van der Waals surface area contributed by atoms with Gasteiger partial charge in [-0.05, 0) is 46.7 Å². The number of ether oxygens (including phenoxy) is 1. The number of benzene rings is 1. The monoisotopic (exact) mass is 380 g/mol. The van der Waals surface area contributed by atoms with Crippen molar-refractivity contribution in [1.29, 1.82) is 0 Å². The van der Waals surface area contributed by atoms with E-state index in [0.717, 1.165) is 23.0 Å². The zero-order valence-electron chi connectivity index (χ0n) is 17.3. The van der Waals surface area contributed by atoms with Gasteiger partial charge in [0.1, 0.15) is 7.22 Å². The van der Waals surface area contributed by atoms with Crippen molar-refractivity contribution in [2.75, 3.05) is 7.11 Å². The third-order valence-electron chi connectivity index (χ3n) is 5.46. The summed E-state index contributed by atoms with van der Waals surface area (Å²) in [5, 5.41) is 0. The Morgan fingerprint density at radius 1 is 1.08 bits per heavy atom. The number of methoxy groups -OCH3 is 1. The lowest BCUT2D eigenvalue weighted by Gasteiger charge is -2.42. The zero-order chi connectivity index (χ0) is 19.2. The highest BCUT2D eigenvalue weighted by atomic mass is 32.4. The molecule has 0 fully saturated rings. The van der Waals surface area contributed by atoms with Gasteiger partial charge in [0.05, 0.1) is 13.5 Å². The summed E-state index contributed by atoms with van der Waals surface area (Å²) in [4.78, 5) is 13.1. The van der Waals surface area contributed by atoms with Crippen molar-refractivity contribution in [3.05, 3.63) is 29.8 Å². The van der Waals surface area contributed by atoms with Gasteiger partial charge < -0.3 is 4.74 Å². The molecule has 0 aliphatic heterocycles. The maximum Gasteiger partial charge on any atom is 0.306 e. The van der Waals surface area contributed by atoms with Crippen LogP contribution in [-0.4, -0.2) is 20.3 Å². The molecular weight excluding hydrogens is 344 g/mol. The molecular formula is C21H36O2SSi. The summed E-state index contributed by atoms with van der Waals surface area (Å²) in [5.41, 5.74) is 3.42. The first kappa shape index (κ1) is 22.3. The highest BCUT2D eigenvalue weighted by Crippen LogP contribution is 2.52. The standard InChI is InChI=1S/C21H36O2SSi/c1-9-18(14-21(22)23-8)19-11-10-12-20(13-19)24-25(15(2)3,16(4)5)17(6)7/h10-13,15-18H,9,14H2,1-8H3/t18-/m0/s1. The van der Waals surface area contributed by atoms with Crippen molar-refractivity contribution in [3.8, 4) is 0 Å². The fraction of sp³-hybridized carbons (Fsp3) is 0.667. The lowest BCUT2D eigenvalue weighted by molar-refractivity contribution is -0.141. The van der Waals surface area contributed by atoms with Crippen LogP contribution >= 0.6 is 11.2 Å². The molecule has 0 amide bonds. The van der Waals surface area contributed by atoms with Crippen LogP contribution in [0.15, 0.2) is 29.2 Å². The number of hydrogen-bond donors (Lipinski definition) is 0. The Balaban J connectivity index is 3.16. The van der Waals surface area contributed by atoms with Crippen molar-refractivity contribution < 1.29 is 9.53 Å². The maximum atomic E-state index is 11.7. The van der Waals surface area contributed by atoms with E-state index in [-0.39, 0.29) is 11.9 Å². The largest absolute Gasteiger partial charge is 0.469 e. The molecule has 0 saturated heterocycles. The third-order valence-corrected chi connectivity index (χ3v) is 17.7. The Hall–Kier alpha value is -0.743. The molecule has 2 nitrogen and oxygen atoms in total. The van der Waals surface area contributed by atoms with E-state index in [1.165, 1.54) is 17.6 Å². The molecule has 0 radical (unpaired) electrons. The van der Waals surface area contributed by atoms with Crippen molar-refractivity contribution >= 4 is 24.4 Å². The van der Waals surface area contributed by atoms with E-state index in [1.54, 1.807) is 0 Å². The van der Waals surface area contributed by atoms with Gasteiger partial charge in [0.25, 0.3) is 0 Å². The summed E-state index contributed by atoms with van der Waals surface area (Å²) < 4.78 is 4.87. The number of carbonyl (C=O) groups excluding carboxylic acids is 1. The molecule has 1 rings (SSSR count). The smallest absolute Gasteiger partial charge is 0.306 e. The number of esters is 1. The van der Waals surface area contributed by atoms with Crippen molar-refractivity contribution in [1.82, 2.24) is 0 Å². The minimum atomic E-state index is -1.55. The molecule has 0 aromatic heterocycles. The Morgan fingerprint density at radius 3 is 2.08 bits per heavy atom. The van der Waals surface area contributed by atoms with Crippen LogP contribution in [-0.2, 0) is 9.53 Å². The second-order valence-electron chi connectivity index (χ2n) is 7.88. The first-order chi connectivity index (χ1) is 11.7. The molecule has 1 aromatic carbocycles. The molecule has 0 aliphatic rings. The summed E-state index contributed by atoms with van der Waals surface area (Å²) >= 11 is 2.15. The normalized spacial score (nSPS) is 13.6. The van der Waals surface area contributed by atoms with Gasteiger partial charge in [0.2, 0.25) is 0 Å². The molecule has 0 heterocycles. The van der Waals surface area contributed by atoms with Gasteiger partial charge in [-0.2, -0.15) is 11.2 Å². The van der Waals surface area contributed by atoms with Crippen LogP contribution < -0.4 is 0 Å². The summed E-state index contributed by atoms with van der Waals surface area (Å²) in [7, 11) is -0.0827. The second-order valence-corrected chi connectivity index (χ2v) is 16.5. The molecule has 4 heteroatoms. The number of hydrogen-bond acceptors (Lipinski definition) is 3. The second kappa shape index (κ2) is 9.82. The molecule has 1 atom stereocenters. The summed E-state index contributed by atoms with van der Waals surface area (Å²) in [6.07, 6.45) is 1.41. The van der Waals surface area contributed by atoms with E-state index in [9.17, 15) is 4.79 Å².